The van der Waals surface area contributed by atoms with Crippen LogP contribution in [-0.2, 0) is 0 Å². The summed E-state index contributed by atoms with van der Waals surface area (Å²) in [7, 11) is 0. The van der Waals surface area contributed by atoms with Gasteiger partial charge in [0.05, 0.1) is 21.5 Å². The lowest BCUT2D eigenvalue weighted by Crippen LogP contribution is -2.10. The van der Waals surface area contributed by atoms with Crippen LogP contribution >= 0.6 is 11.3 Å². The van der Waals surface area contributed by atoms with Crippen LogP contribution in [0.5, 0.6) is 0 Å². The van der Waals surface area contributed by atoms with E-state index in [2.05, 4.69) is 132 Å². The molecule has 0 aliphatic rings. The molecular formula is C47H28N2O2S. The van der Waals surface area contributed by atoms with Gasteiger partial charge in [-0.3, -0.25) is 0 Å². The summed E-state index contributed by atoms with van der Waals surface area (Å²) in [5.41, 5.74) is 9.50. The molecule has 0 fully saturated rings. The Balaban J connectivity index is 1.15. The zero-order chi connectivity index (χ0) is 34.2. The number of hydrogen-bond donors (Lipinski definition) is 0. The van der Waals surface area contributed by atoms with E-state index in [0.717, 1.165) is 55.7 Å². The van der Waals surface area contributed by atoms with Crippen LogP contribution < -0.4 is 4.90 Å². The van der Waals surface area contributed by atoms with Crippen molar-refractivity contribution in [3.8, 4) is 22.6 Å². The van der Waals surface area contributed by atoms with Crippen molar-refractivity contribution >= 4 is 92.4 Å². The first kappa shape index (κ1) is 29.1. The molecule has 0 amide bonds. The van der Waals surface area contributed by atoms with Gasteiger partial charge in [-0.2, -0.15) is 0 Å². The smallest absolute Gasteiger partial charge is 0.227 e. The van der Waals surface area contributed by atoms with Crippen molar-refractivity contribution in [2.75, 3.05) is 4.90 Å². The van der Waals surface area contributed by atoms with Crippen molar-refractivity contribution in [2.24, 2.45) is 0 Å². The van der Waals surface area contributed by atoms with Crippen LogP contribution in [0.2, 0.25) is 0 Å². The fourth-order valence-corrected chi connectivity index (χ4v) is 8.92. The number of benzene rings is 8. The van der Waals surface area contributed by atoms with Gasteiger partial charge < -0.3 is 13.7 Å². The minimum absolute atomic E-state index is 0.595. The zero-order valence-electron chi connectivity index (χ0n) is 27.8. The second kappa shape index (κ2) is 11.4. The molecule has 3 heterocycles. The molecule has 11 rings (SSSR count). The van der Waals surface area contributed by atoms with E-state index in [1.807, 2.05) is 53.8 Å². The summed E-state index contributed by atoms with van der Waals surface area (Å²) in [4.78, 5) is 7.21. The summed E-state index contributed by atoms with van der Waals surface area (Å²) in [6.45, 7) is 0. The number of fused-ring (bicyclic) bond motifs is 9. The van der Waals surface area contributed by atoms with Gasteiger partial charge in [-0.15, -0.1) is 11.3 Å². The number of aromatic nitrogens is 1. The van der Waals surface area contributed by atoms with Crippen LogP contribution in [0.4, 0.5) is 17.1 Å². The lowest BCUT2D eigenvalue weighted by atomic mass is 9.98. The minimum Gasteiger partial charge on any atom is -0.454 e. The zero-order valence-corrected chi connectivity index (χ0v) is 28.6. The highest BCUT2D eigenvalue weighted by atomic mass is 32.1. The standard InChI is InChI=1S/C47H28N2O2S/c1-2-12-31(13-3-1)47-48-38-27-28-41-43(45(38)51-47)37-19-10-20-39(44(37)50-41)49(40-21-9-18-36-35-16-6-7-22-42(35)52-46(36)40)32-25-23-30(24-26-32)34-17-8-14-29-11-4-5-15-33(29)34/h1-28H. The molecule has 0 saturated heterocycles. The summed E-state index contributed by atoms with van der Waals surface area (Å²) in [5, 5.41) is 6.88. The Morgan fingerprint density at radius 1 is 0.481 bits per heavy atom. The van der Waals surface area contributed by atoms with Crippen LogP contribution in [0, 0.1) is 0 Å². The van der Waals surface area contributed by atoms with E-state index < -0.39 is 0 Å². The Hall–Kier alpha value is -6.69. The van der Waals surface area contributed by atoms with Crippen molar-refractivity contribution in [2.45, 2.75) is 0 Å². The number of rotatable bonds is 5. The normalized spacial score (nSPS) is 11.8. The third-order valence-corrected chi connectivity index (χ3v) is 11.3. The number of oxazole rings is 1. The van der Waals surface area contributed by atoms with Crippen LogP contribution in [0.1, 0.15) is 0 Å². The highest BCUT2D eigenvalue weighted by Crippen LogP contribution is 2.48. The van der Waals surface area contributed by atoms with Gasteiger partial charge in [0.2, 0.25) is 5.89 Å². The highest BCUT2D eigenvalue weighted by Gasteiger charge is 2.24. The largest absolute Gasteiger partial charge is 0.454 e. The van der Waals surface area contributed by atoms with E-state index in [-0.39, 0.29) is 0 Å². The second-order valence-electron chi connectivity index (χ2n) is 13.1. The summed E-state index contributed by atoms with van der Waals surface area (Å²) >= 11 is 1.82. The number of anilines is 3. The maximum atomic E-state index is 6.82. The maximum absolute atomic E-state index is 6.82. The summed E-state index contributed by atoms with van der Waals surface area (Å²) in [5.74, 6) is 0.595. The first-order valence-corrected chi connectivity index (χ1v) is 18.2. The average molecular weight is 685 g/mol. The van der Waals surface area contributed by atoms with E-state index in [1.165, 1.54) is 42.1 Å². The molecule has 5 heteroatoms. The van der Waals surface area contributed by atoms with E-state index in [9.17, 15) is 0 Å². The SMILES string of the molecule is c1ccc(-c2nc3ccc4oc5c(N(c6ccc(-c7cccc8ccccc78)cc6)c6cccc7c6sc6ccccc67)cccc5c4c3o2)cc1. The Bertz CT molecular complexity index is 3130. The predicted octanol–water partition coefficient (Wildman–Crippen LogP) is 14.1. The molecule has 244 valence electrons. The van der Waals surface area contributed by atoms with Gasteiger partial charge in [0, 0.05) is 32.1 Å². The minimum atomic E-state index is 0.595. The molecule has 52 heavy (non-hydrogen) atoms. The molecule has 0 atom stereocenters. The number of hydrogen-bond acceptors (Lipinski definition) is 5. The molecule has 3 aromatic heterocycles. The van der Waals surface area contributed by atoms with Gasteiger partial charge in [-0.05, 0) is 76.5 Å². The van der Waals surface area contributed by atoms with Crippen LogP contribution in [0.25, 0.3) is 86.6 Å². The molecule has 11 aromatic rings. The van der Waals surface area contributed by atoms with E-state index >= 15 is 0 Å². The lowest BCUT2D eigenvalue weighted by Gasteiger charge is -2.26. The molecule has 0 aliphatic carbocycles. The molecule has 8 aromatic carbocycles. The van der Waals surface area contributed by atoms with Gasteiger partial charge >= 0.3 is 0 Å². The molecule has 0 unspecified atom stereocenters. The number of thiophene rings is 1. The Morgan fingerprint density at radius 2 is 1.19 bits per heavy atom. The second-order valence-corrected chi connectivity index (χ2v) is 14.1. The quantitative estimate of drug-likeness (QED) is 0.181. The van der Waals surface area contributed by atoms with Crippen molar-refractivity contribution in [1.82, 2.24) is 4.98 Å². The molecule has 0 N–H and O–H groups in total. The fourth-order valence-electron chi connectivity index (χ4n) is 7.72. The molecule has 0 radical (unpaired) electrons. The first-order chi connectivity index (χ1) is 25.8. The van der Waals surface area contributed by atoms with Gasteiger partial charge in [0.15, 0.2) is 11.2 Å². The van der Waals surface area contributed by atoms with E-state index in [4.69, 9.17) is 13.8 Å². The predicted molar refractivity (Wildman–Crippen MR) is 217 cm³/mol. The first-order valence-electron chi connectivity index (χ1n) is 17.4. The third-order valence-electron chi connectivity index (χ3n) is 10.1. The summed E-state index contributed by atoms with van der Waals surface area (Å²) < 4.78 is 15.8. The van der Waals surface area contributed by atoms with E-state index in [0.29, 0.717) is 5.89 Å². The Labute approximate surface area is 302 Å². The number of nitrogens with zero attached hydrogens (tertiary/aromatic N) is 2. The van der Waals surface area contributed by atoms with Crippen molar-refractivity contribution in [3.05, 3.63) is 170 Å². The van der Waals surface area contributed by atoms with Crippen LogP contribution in [-0.4, -0.2) is 4.98 Å². The van der Waals surface area contributed by atoms with Crippen LogP contribution in [0.3, 0.4) is 0 Å². The molecule has 0 bridgehead atoms. The summed E-state index contributed by atoms with van der Waals surface area (Å²) in [6.07, 6.45) is 0. The van der Waals surface area contributed by atoms with Crippen LogP contribution in [0.15, 0.2) is 179 Å². The average Bonchev–Trinajstić information content (AvgIpc) is 3.92. The Kier molecular flexibility index (Phi) is 6.39. The van der Waals surface area contributed by atoms with Crippen molar-refractivity contribution < 1.29 is 8.83 Å². The maximum Gasteiger partial charge on any atom is 0.227 e. The summed E-state index contributed by atoms with van der Waals surface area (Å²) in [6, 6.07) is 59.7. The third kappa shape index (κ3) is 4.43. The monoisotopic (exact) mass is 684 g/mol. The van der Waals surface area contributed by atoms with Gasteiger partial charge in [-0.25, -0.2) is 4.98 Å². The molecular weight excluding hydrogens is 657 g/mol. The van der Waals surface area contributed by atoms with E-state index in [1.54, 1.807) is 0 Å². The topological polar surface area (TPSA) is 42.4 Å². The Morgan fingerprint density at radius 3 is 2.08 bits per heavy atom. The van der Waals surface area contributed by atoms with Gasteiger partial charge in [-0.1, -0.05) is 115 Å². The highest BCUT2D eigenvalue weighted by molar-refractivity contribution is 7.26. The van der Waals surface area contributed by atoms with Gasteiger partial charge in [0.25, 0.3) is 0 Å². The molecule has 0 spiro atoms. The molecule has 0 aliphatic heterocycles. The molecule has 4 nitrogen and oxygen atoms in total. The van der Waals surface area contributed by atoms with Crippen molar-refractivity contribution in [1.29, 1.82) is 0 Å². The van der Waals surface area contributed by atoms with Gasteiger partial charge in [0.1, 0.15) is 11.1 Å². The fraction of sp³-hybridized carbons (Fsp3) is 0. The van der Waals surface area contributed by atoms with Crippen molar-refractivity contribution in [3.63, 3.8) is 0 Å². The molecule has 0 saturated carbocycles. The number of furan rings is 1. The lowest BCUT2D eigenvalue weighted by molar-refractivity contribution is 0.622. The number of para-hydroxylation sites is 1.